The zero-order chi connectivity index (χ0) is 14.5. The van der Waals surface area contributed by atoms with E-state index >= 15 is 0 Å². The van der Waals surface area contributed by atoms with Crippen molar-refractivity contribution >= 4 is 5.91 Å². The van der Waals surface area contributed by atoms with Gasteiger partial charge in [-0.25, -0.2) is 0 Å². The van der Waals surface area contributed by atoms with Crippen molar-refractivity contribution < 1.29 is 9.53 Å². The van der Waals surface area contributed by atoms with Crippen molar-refractivity contribution in [1.82, 2.24) is 15.1 Å². The van der Waals surface area contributed by atoms with Gasteiger partial charge in [0.1, 0.15) is 12.4 Å². The normalized spacial score (nSPS) is 14.2. The number of amides is 1. The molecule has 0 unspecified atom stereocenters. The molecule has 0 aliphatic carbocycles. The number of ether oxygens (including phenoxy) is 1. The molecule has 1 amide bonds. The number of fused-ring (bicyclic) bond motifs is 1. The smallest absolute Gasteiger partial charge is 0.222 e. The van der Waals surface area contributed by atoms with Crippen molar-refractivity contribution in [3.63, 3.8) is 0 Å². The van der Waals surface area contributed by atoms with E-state index in [4.69, 9.17) is 4.74 Å². The van der Waals surface area contributed by atoms with Gasteiger partial charge in [-0.15, -0.1) is 0 Å². The van der Waals surface area contributed by atoms with Gasteiger partial charge in [-0.2, -0.15) is 5.10 Å². The number of hydrogen-bond donors (Lipinski definition) is 1. The van der Waals surface area contributed by atoms with Crippen LogP contribution in [0.25, 0.3) is 0 Å². The molecule has 1 aromatic carbocycles. The molecule has 5 heteroatoms. The van der Waals surface area contributed by atoms with Crippen molar-refractivity contribution in [1.29, 1.82) is 0 Å². The van der Waals surface area contributed by atoms with Crippen LogP contribution in [0, 0.1) is 0 Å². The Bertz CT molecular complexity index is 595. The molecule has 2 aromatic rings. The van der Waals surface area contributed by atoms with Crippen molar-refractivity contribution in [3.05, 3.63) is 47.8 Å². The van der Waals surface area contributed by atoms with E-state index < -0.39 is 0 Å². The summed E-state index contributed by atoms with van der Waals surface area (Å²) in [5.41, 5.74) is 2.23. The molecule has 3 rings (SSSR count). The summed E-state index contributed by atoms with van der Waals surface area (Å²) >= 11 is 0. The largest absolute Gasteiger partial charge is 0.491 e. The van der Waals surface area contributed by atoms with Crippen LogP contribution in [0.3, 0.4) is 0 Å². The van der Waals surface area contributed by atoms with Crippen LogP contribution in [0.5, 0.6) is 5.75 Å². The maximum Gasteiger partial charge on any atom is 0.222 e. The van der Waals surface area contributed by atoms with Gasteiger partial charge in [0.05, 0.1) is 12.7 Å². The van der Waals surface area contributed by atoms with Gasteiger partial charge in [0.15, 0.2) is 0 Å². The van der Waals surface area contributed by atoms with E-state index in [-0.39, 0.29) is 5.91 Å². The number of hydrogen-bond acceptors (Lipinski definition) is 3. The summed E-state index contributed by atoms with van der Waals surface area (Å²) in [5.74, 6) is 1.09. The molecule has 0 saturated carbocycles. The molecule has 0 saturated heterocycles. The predicted octanol–water partition coefficient (Wildman–Crippen LogP) is 2.15. The Hall–Kier alpha value is -2.30. The van der Waals surface area contributed by atoms with E-state index in [9.17, 15) is 4.79 Å². The second-order valence-corrected chi connectivity index (χ2v) is 5.23. The molecule has 1 aromatic heterocycles. The third-order valence-electron chi connectivity index (χ3n) is 3.72. The second-order valence-electron chi connectivity index (χ2n) is 5.23. The zero-order valence-electron chi connectivity index (χ0n) is 11.9. The van der Waals surface area contributed by atoms with Crippen LogP contribution in [0.1, 0.15) is 24.0 Å². The molecule has 5 nitrogen and oxygen atoms in total. The topological polar surface area (TPSA) is 58.2 Å². The minimum Gasteiger partial charge on any atom is -0.491 e. The molecule has 0 atom stereocenters. The van der Waals surface area contributed by atoms with E-state index in [1.54, 1.807) is 6.20 Å². The first-order chi connectivity index (χ1) is 10.3. The van der Waals surface area contributed by atoms with Crippen molar-refractivity contribution in [3.8, 4) is 5.75 Å². The molecule has 110 valence electrons. The minimum absolute atomic E-state index is 0.193. The Kier molecular flexibility index (Phi) is 4.19. The van der Waals surface area contributed by atoms with Gasteiger partial charge in [-0.3, -0.25) is 9.89 Å². The van der Waals surface area contributed by atoms with Gasteiger partial charge in [-0.1, -0.05) is 18.2 Å². The summed E-state index contributed by atoms with van der Waals surface area (Å²) in [6, 6.07) is 7.92. The van der Waals surface area contributed by atoms with E-state index in [1.165, 1.54) is 0 Å². The molecule has 21 heavy (non-hydrogen) atoms. The predicted molar refractivity (Wildman–Crippen MR) is 78.9 cm³/mol. The fourth-order valence-corrected chi connectivity index (χ4v) is 2.55. The fourth-order valence-electron chi connectivity index (χ4n) is 2.55. The van der Waals surface area contributed by atoms with Crippen molar-refractivity contribution in [2.24, 2.45) is 0 Å². The van der Waals surface area contributed by atoms with Crippen LogP contribution >= 0.6 is 0 Å². The number of para-hydroxylation sites is 1. The molecule has 0 radical (unpaired) electrons. The first-order valence-electron chi connectivity index (χ1n) is 7.29. The summed E-state index contributed by atoms with van der Waals surface area (Å²) in [6.45, 7) is 1.85. The standard InChI is InChI=1S/C16H19N3O2/c20-16(7-3-4-13-10-17-18-11-13)19-8-9-21-15-6-2-1-5-14(15)12-19/h1-2,5-6,10-11H,3-4,7-9,12H2,(H,17,18). The number of carbonyl (C=O) groups is 1. The van der Waals surface area contributed by atoms with E-state index in [0.717, 1.165) is 29.7 Å². The molecular weight excluding hydrogens is 266 g/mol. The van der Waals surface area contributed by atoms with Crippen LogP contribution in [-0.2, 0) is 17.8 Å². The molecule has 1 N–H and O–H groups in total. The molecule has 0 fully saturated rings. The molecule has 0 bridgehead atoms. The SMILES string of the molecule is O=C(CCCc1cn[nH]c1)N1CCOc2ccccc2C1. The number of nitrogens with one attached hydrogen (secondary N) is 1. The van der Waals surface area contributed by atoms with Crippen LogP contribution in [0.2, 0.25) is 0 Å². The van der Waals surface area contributed by atoms with Crippen molar-refractivity contribution in [2.75, 3.05) is 13.2 Å². The van der Waals surface area contributed by atoms with Gasteiger partial charge in [0, 0.05) is 24.7 Å². The van der Waals surface area contributed by atoms with E-state index in [1.807, 2.05) is 35.4 Å². The van der Waals surface area contributed by atoms with Gasteiger partial charge < -0.3 is 9.64 Å². The maximum atomic E-state index is 12.3. The molecular formula is C16H19N3O2. The Morgan fingerprint density at radius 3 is 3.14 bits per heavy atom. The fraction of sp³-hybridized carbons (Fsp3) is 0.375. The average molecular weight is 285 g/mol. The molecule has 2 heterocycles. The second kappa shape index (κ2) is 6.43. The quantitative estimate of drug-likeness (QED) is 0.936. The Labute approximate surface area is 123 Å². The van der Waals surface area contributed by atoms with E-state index in [0.29, 0.717) is 26.1 Å². The molecule has 0 spiro atoms. The van der Waals surface area contributed by atoms with Gasteiger partial charge in [0.25, 0.3) is 0 Å². The number of H-pyrrole nitrogens is 1. The van der Waals surface area contributed by atoms with Crippen LogP contribution < -0.4 is 4.74 Å². The summed E-state index contributed by atoms with van der Waals surface area (Å²) in [4.78, 5) is 14.2. The number of rotatable bonds is 4. The highest BCUT2D eigenvalue weighted by molar-refractivity contribution is 5.76. The van der Waals surface area contributed by atoms with Crippen molar-refractivity contribution in [2.45, 2.75) is 25.8 Å². The number of nitrogens with zero attached hydrogens (tertiary/aromatic N) is 2. The monoisotopic (exact) mass is 285 g/mol. The molecule has 1 aliphatic rings. The number of carbonyl (C=O) groups excluding carboxylic acids is 1. The number of aromatic amines is 1. The highest BCUT2D eigenvalue weighted by Gasteiger charge is 2.19. The lowest BCUT2D eigenvalue weighted by atomic mass is 10.1. The minimum atomic E-state index is 0.193. The number of benzene rings is 1. The van der Waals surface area contributed by atoms with Gasteiger partial charge in [0.2, 0.25) is 5.91 Å². The Morgan fingerprint density at radius 1 is 1.38 bits per heavy atom. The summed E-state index contributed by atoms with van der Waals surface area (Å²) in [6.07, 6.45) is 5.97. The Balaban J connectivity index is 1.55. The summed E-state index contributed by atoms with van der Waals surface area (Å²) < 4.78 is 5.69. The summed E-state index contributed by atoms with van der Waals surface area (Å²) in [5, 5.41) is 6.70. The third-order valence-corrected chi connectivity index (χ3v) is 3.72. The van der Waals surface area contributed by atoms with Crippen LogP contribution in [0.4, 0.5) is 0 Å². The number of aryl methyl sites for hydroxylation is 1. The highest BCUT2D eigenvalue weighted by atomic mass is 16.5. The lowest BCUT2D eigenvalue weighted by Gasteiger charge is -2.19. The number of aromatic nitrogens is 2. The van der Waals surface area contributed by atoms with Crippen LogP contribution in [0.15, 0.2) is 36.7 Å². The first-order valence-corrected chi connectivity index (χ1v) is 7.29. The maximum absolute atomic E-state index is 12.3. The Morgan fingerprint density at radius 2 is 2.29 bits per heavy atom. The molecule has 1 aliphatic heterocycles. The zero-order valence-corrected chi connectivity index (χ0v) is 11.9. The average Bonchev–Trinajstić information content (AvgIpc) is 2.91. The first kappa shape index (κ1) is 13.7. The highest BCUT2D eigenvalue weighted by Crippen LogP contribution is 2.22. The lowest BCUT2D eigenvalue weighted by Crippen LogP contribution is -2.32. The summed E-state index contributed by atoms with van der Waals surface area (Å²) in [7, 11) is 0. The van der Waals surface area contributed by atoms with Crippen LogP contribution in [-0.4, -0.2) is 34.2 Å². The van der Waals surface area contributed by atoms with Gasteiger partial charge >= 0.3 is 0 Å². The van der Waals surface area contributed by atoms with E-state index in [2.05, 4.69) is 10.2 Å². The van der Waals surface area contributed by atoms with Gasteiger partial charge in [-0.05, 0) is 24.5 Å². The third kappa shape index (κ3) is 3.42. The lowest BCUT2D eigenvalue weighted by molar-refractivity contribution is -0.132.